The maximum Gasteiger partial charge on any atom is 0.0973 e. The van der Waals surface area contributed by atoms with E-state index in [1.807, 2.05) is 32.9 Å². The Balaban J connectivity index is 0.00000106. The van der Waals surface area contributed by atoms with Crippen LogP contribution < -0.4 is 0 Å². The number of hydrogen-bond acceptors (Lipinski definition) is 2. The standard InChI is InChI=1S/C16H21N3.C2H6/c1-5-7-13(8-6-2)16-14-11-19(12(3)4)10-9-15(14)17-18-16;1-2/h5-8H,1,3,9-11H2,2,4H3,(H,17,18);1-2H3/b8-6-,13-7+;. The van der Waals surface area contributed by atoms with Gasteiger partial charge in [-0.05, 0) is 13.8 Å². The fraction of sp³-hybridized carbons (Fsp3) is 0.389. The van der Waals surface area contributed by atoms with Crippen molar-refractivity contribution in [1.29, 1.82) is 0 Å². The van der Waals surface area contributed by atoms with Crippen LogP contribution in [0.2, 0.25) is 0 Å². The van der Waals surface area contributed by atoms with E-state index < -0.39 is 0 Å². The molecule has 3 nitrogen and oxygen atoms in total. The number of aromatic amines is 1. The Labute approximate surface area is 128 Å². The molecule has 0 saturated carbocycles. The molecule has 114 valence electrons. The van der Waals surface area contributed by atoms with Crippen LogP contribution in [0.4, 0.5) is 0 Å². The van der Waals surface area contributed by atoms with E-state index >= 15 is 0 Å². The van der Waals surface area contributed by atoms with Crippen LogP contribution in [0.5, 0.6) is 0 Å². The number of nitrogens with one attached hydrogen (secondary N) is 1. The van der Waals surface area contributed by atoms with Crippen LogP contribution in [-0.2, 0) is 13.0 Å². The molecule has 2 heterocycles. The monoisotopic (exact) mass is 285 g/mol. The van der Waals surface area contributed by atoms with Gasteiger partial charge in [0.15, 0.2) is 0 Å². The Kier molecular flexibility index (Phi) is 6.73. The molecule has 1 aliphatic heterocycles. The van der Waals surface area contributed by atoms with Gasteiger partial charge in [-0.3, -0.25) is 5.10 Å². The highest BCUT2D eigenvalue weighted by Crippen LogP contribution is 2.27. The highest BCUT2D eigenvalue weighted by molar-refractivity contribution is 5.75. The molecule has 0 unspecified atom stereocenters. The van der Waals surface area contributed by atoms with Crippen molar-refractivity contribution in [3.8, 4) is 0 Å². The topological polar surface area (TPSA) is 31.9 Å². The van der Waals surface area contributed by atoms with Gasteiger partial charge in [0, 0.05) is 42.0 Å². The van der Waals surface area contributed by atoms with Crippen molar-refractivity contribution in [3.05, 3.63) is 60.1 Å². The molecule has 2 rings (SSSR count). The van der Waals surface area contributed by atoms with Crippen molar-refractivity contribution >= 4 is 5.57 Å². The van der Waals surface area contributed by atoms with Gasteiger partial charge < -0.3 is 4.90 Å². The first-order valence-electron chi connectivity index (χ1n) is 7.59. The Hall–Kier alpha value is -2.03. The van der Waals surface area contributed by atoms with Crippen molar-refractivity contribution in [1.82, 2.24) is 15.1 Å². The quantitative estimate of drug-likeness (QED) is 0.827. The van der Waals surface area contributed by atoms with Crippen LogP contribution in [-0.4, -0.2) is 21.6 Å². The highest BCUT2D eigenvalue weighted by atomic mass is 15.2. The van der Waals surface area contributed by atoms with E-state index in [2.05, 4.69) is 41.3 Å². The van der Waals surface area contributed by atoms with Crippen LogP contribution in [0.3, 0.4) is 0 Å². The first kappa shape index (κ1) is 17.0. The highest BCUT2D eigenvalue weighted by Gasteiger charge is 2.22. The van der Waals surface area contributed by atoms with Crippen molar-refractivity contribution < 1.29 is 0 Å². The zero-order valence-electron chi connectivity index (χ0n) is 13.7. The molecule has 0 radical (unpaired) electrons. The lowest BCUT2D eigenvalue weighted by atomic mass is 10.00. The lowest BCUT2D eigenvalue weighted by Gasteiger charge is -2.29. The van der Waals surface area contributed by atoms with Crippen LogP contribution in [0.25, 0.3) is 5.57 Å². The smallest absolute Gasteiger partial charge is 0.0973 e. The number of aromatic nitrogens is 2. The van der Waals surface area contributed by atoms with Gasteiger partial charge in [0.2, 0.25) is 0 Å². The second-order valence-corrected chi connectivity index (χ2v) is 4.79. The summed E-state index contributed by atoms with van der Waals surface area (Å²) >= 11 is 0. The Morgan fingerprint density at radius 3 is 2.67 bits per heavy atom. The molecule has 0 saturated heterocycles. The second kappa shape index (κ2) is 8.30. The zero-order chi connectivity index (χ0) is 15.8. The van der Waals surface area contributed by atoms with E-state index in [1.54, 1.807) is 6.08 Å². The molecule has 1 N–H and O–H groups in total. The maximum absolute atomic E-state index is 4.48. The van der Waals surface area contributed by atoms with Crippen molar-refractivity contribution in [2.24, 2.45) is 0 Å². The minimum Gasteiger partial charge on any atom is -0.371 e. The third kappa shape index (κ3) is 3.97. The van der Waals surface area contributed by atoms with Gasteiger partial charge in [0.25, 0.3) is 0 Å². The largest absolute Gasteiger partial charge is 0.371 e. The zero-order valence-corrected chi connectivity index (χ0v) is 13.7. The molecule has 0 fully saturated rings. The average molecular weight is 285 g/mol. The summed E-state index contributed by atoms with van der Waals surface area (Å²) in [5.74, 6) is 0. The molecule has 0 amide bonds. The Morgan fingerprint density at radius 2 is 2.10 bits per heavy atom. The van der Waals surface area contributed by atoms with Crippen LogP contribution in [0, 0.1) is 0 Å². The fourth-order valence-corrected chi connectivity index (χ4v) is 2.38. The van der Waals surface area contributed by atoms with Crippen molar-refractivity contribution in [2.75, 3.05) is 6.54 Å². The number of allylic oxidation sites excluding steroid dienone is 6. The Bertz CT molecular complexity index is 547. The summed E-state index contributed by atoms with van der Waals surface area (Å²) in [6.07, 6.45) is 8.88. The van der Waals surface area contributed by atoms with Gasteiger partial charge in [-0.2, -0.15) is 5.10 Å². The lowest BCUT2D eigenvalue weighted by molar-refractivity contribution is 0.323. The number of nitrogens with zero attached hydrogens (tertiary/aromatic N) is 2. The molecule has 0 bridgehead atoms. The summed E-state index contributed by atoms with van der Waals surface area (Å²) in [7, 11) is 0. The Morgan fingerprint density at radius 1 is 1.38 bits per heavy atom. The number of H-pyrrole nitrogens is 1. The molecule has 21 heavy (non-hydrogen) atoms. The molecule has 0 aromatic carbocycles. The van der Waals surface area contributed by atoms with Crippen LogP contribution >= 0.6 is 0 Å². The molecule has 0 atom stereocenters. The van der Waals surface area contributed by atoms with E-state index in [0.29, 0.717) is 0 Å². The number of fused-ring (bicyclic) bond motifs is 1. The molecule has 0 aliphatic carbocycles. The van der Waals surface area contributed by atoms with E-state index in [1.165, 1.54) is 11.3 Å². The molecular weight excluding hydrogens is 258 g/mol. The van der Waals surface area contributed by atoms with Gasteiger partial charge in [-0.15, -0.1) is 0 Å². The summed E-state index contributed by atoms with van der Waals surface area (Å²) in [5, 5.41) is 7.65. The molecular formula is C18H27N3. The summed E-state index contributed by atoms with van der Waals surface area (Å²) in [6, 6.07) is 0. The van der Waals surface area contributed by atoms with Crippen LogP contribution in [0.15, 0.2) is 43.2 Å². The predicted molar refractivity (Wildman–Crippen MR) is 91.9 cm³/mol. The van der Waals surface area contributed by atoms with Crippen molar-refractivity contribution in [2.45, 2.75) is 40.7 Å². The lowest BCUT2D eigenvalue weighted by Crippen LogP contribution is -2.28. The van der Waals surface area contributed by atoms with E-state index in [4.69, 9.17) is 0 Å². The minimum absolute atomic E-state index is 0.878. The molecule has 1 aliphatic rings. The summed E-state index contributed by atoms with van der Waals surface area (Å²) in [4.78, 5) is 2.29. The first-order chi connectivity index (χ1) is 10.2. The summed E-state index contributed by atoms with van der Waals surface area (Å²) in [5.41, 5.74) is 5.75. The SMILES string of the molecule is C=C/C=C(\C=C/C)c1n[nH]c2c1CN(C(=C)C)CC2.CC. The molecule has 1 aromatic heterocycles. The molecule has 0 spiro atoms. The second-order valence-electron chi connectivity index (χ2n) is 4.79. The van der Waals surface area contributed by atoms with Crippen molar-refractivity contribution in [3.63, 3.8) is 0 Å². The molecule has 3 heteroatoms. The third-order valence-electron chi connectivity index (χ3n) is 3.39. The number of rotatable bonds is 4. The van der Waals surface area contributed by atoms with E-state index in [-0.39, 0.29) is 0 Å². The van der Waals surface area contributed by atoms with Crippen LogP contribution in [0.1, 0.15) is 44.6 Å². The predicted octanol–water partition coefficient (Wildman–Crippen LogP) is 4.47. The third-order valence-corrected chi connectivity index (χ3v) is 3.39. The number of hydrogen-bond donors (Lipinski definition) is 1. The minimum atomic E-state index is 0.878. The summed E-state index contributed by atoms with van der Waals surface area (Å²) in [6.45, 7) is 17.8. The average Bonchev–Trinajstić information content (AvgIpc) is 2.92. The van der Waals surface area contributed by atoms with E-state index in [9.17, 15) is 0 Å². The van der Waals surface area contributed by atoms with Gasteiger partial charge in [-0.25, -0.2) is 0 Å². The summed E-state index contributed by atoms with van der Waals surface area (Å²) < 4.78 is 0. The van der Waals surface area contributed by atoms with E-state index in [0.717, 1.165) is 36.5 Å². The van der Waals surface area contributed by atoms with Gasteiger partial charge in [0.1, 0.15) is 0 Å². The van der Waals surface area contributed by atoms with Gasteiger partial charge in [-0.1, -0.05) is 51.3 Å². The normalized spacial score (nSPS) is 14.5. The van der Waals surface area contributed by atoms with Gasteiger partial charge >= 0.3 is 0 Å². The first-order valence-corrected chi connectivity index (χ1v) is 7.59. The van der Waals surface area contributed by atoms with Gasteiger partial charge in [0.05, 0.1) is 5.69 Å². The maximum atomic E-state index is 4.48. The fourth-order valence-electron chi connectivity index (χ4n) is 2.38. The molecule has 1 aromatic rings.